The van der Waals surface area contributed by atoms with Crippen molar-refractivity contribution in [1.82, 2.24) is 0 Å². The van der Waals surface area contributed by atoms with E-state index in [-0.39, 0.29) is 0 Å². The van der Waals surface area contributed by atoms with Crippen LogP contribution in [0.5, 0.6) is 5.75 Å². The van der Waals surface area contributed by atoms with Crippen molar-refractivity contribution >= 4 is 5.97 Å². The Morgan fingerprint density at radius 3 is 3.00 bits per heavy atom. The van der Waals surface area contributed by atoms with Gasteiger partial charge in [0.2, 0.25) is 0 Å². The van der Waals surface area contributed by atoms with Crippen LogP contribution < -0.4 is 10.5 Å². The quantitative estimate of drug-likeness (QED) is 0.857. The number of hydrogen-bond donors (Lipinski definition) is 2. The van der Waals surface area contributed by atoms with Gasteiger partial charge < -0.3 is 15.6 Å². The van der Waals surface area contributed by atoms with Gasteiger partial charge in [0, 0.05) is 6.04 Å². The molecule has 4 nitrogen and oxygen atoms in total. The predicted molar refractivity (Wildman–Crippen MR) is 68.6 cm³/mol. The Hall–Kier alpha value is -1.55. The van der Waals surface area contributed by atoms with E-state index < -0.39 is 17.9 Å². The largest absolute Gasteiger partial charge is 0.493 e. The van der Waals surface area contributed by atoms with Gasteiger partial charge in [-0.15, -0.1) is 0 Å². The molecular formula is C14H19NO3. The highest BCUT2D eigenvalue weighted by Gasteiger charge is 2.25. The smallest absolute Gasteiger partial charge is 0.308 e. The zero-order valence-electron chi connectivity index (χ0n) is 10.6. The molecule has 1 heterocycles. The topological polar surface area (TPSA) is 72.5 Å². The van der Waals surface area contributed by atoms with E-state index in [1.54, 1.807) is 0 Å². The molecule has 1 aliphatic rings. The average Bonchev–Trinajstić information content (AvgIpc) is 2.38. The molecule has 1 aliphatic heterocycles. The lowest BCUT2D eigenvalue weighted by atomic mass is 9.90. The van der Waals surface area contributed by atoms with Crippen LogP contribution in [0, 0.1) is 5.92 Å². The summed E-state index contributed by atoms with van der Waals surface area (Å²) in [7, 11) is 0. The summed E-state index contributed by atoms with van der Waals surface area (Å²) < 4.78 is 5.54. The predicted octanol–water partition coefficient (Wildman–Crippen LogP) is 2.12. The van der Waals surface area contributed by atoms with E-state index in [9.17, 15) is 4.79 Å². The lowest BCUT2D eigenvalue weighted by Crippen LogP contribution is -2.27. The van der Waals surface area contributed by atoms with Crippen molar-refractivity contribution in [2.45, 2.75) is 32.2 Å². The lowest BCUT2D eigenvalue weighted by Gasteiger charge is -2.22. The third kappa shape index (κ3) is 2.48. The van der Waals surface area contributed by atoms with E-state index >= 15 is 0 Å². The number of carbonyl (C=O) groups is 1. The molecule has 0 spiro atoms. The Labute approximate surface area is 107 Å². The van der Waals surface area contributed by atoms with Crippen molar-refractivity contribution < 1.29 is 14.6 Å². The van der Waals surface area contributed by atoms with E-state index in [2.05, 4.69) is 0 Å². The van der Waals surface area contributed by atoms with Crippen molar-refractivity contribution in [2.75, 3.05) is 6.61 Å². The maximum atomic E-state index is 11.1. The Morgan fingerprint density at radius 1 is 1.56 bits per heavy atom. The number of carboxylic acid groups (broad SMARTS) is 1. The minimum Gasteiger partial charge on any atom is -0.493 e. The molecule has 0 radical (unpaired) electrons. The Kier molecular flexibility index (Phi) is 3.87. The van der Waals surface area contributed by atoms with Crippen LogP contribution >= 0.6 is 0 Å². The first-order valence-corrected chi connectivity index (χ1v) is 6.37. The summed E-state index contributed by atoms with van der Waals surface area (Å²) in [5, 5.41) is 9.14. The van der Waals surface area contributed by atoms with Gasteiger partial charge in [-0.05, 0) is 36.5 Å². The maximum absolute atomic E-state index is 11.1. The van der Waals surface area contributed by atoms with Crippen LogP contribution in [0.25, 0.3) is 0 Å². The molecule has 0 bridgehead atoms. The zero-order chi connectivity index (χ0) is 13.1. The number of aliphatic carboxylic acids is 1. The number of ether oxygens (including phenoxy) is 1. The monoisotopic (exact) mass is 249 g/mol. The summed E-state index contributed by atoms with van der Waals surface area (Å²) in [6.07, 6.45) is 2.51. The molecule has 1 aromatic rings. The molecule has 4 heteroatoms. The fourth-order valence-electron chi connectivity index (χ4n) is 2.40. The summed E-state index contributed by atoms with van der Waals surface area (Å²) in [5.41, 5.74) is 8.08. The molecular weight excluding hydrogens is 230 g/mol. The van der Waals surface area contributed by atoms with E-state index in [1.165, 1.54) is 0 Å². The van der Waals surface area contributed by atoms with Gasteiger partial charge in [0.25, 0.3) is 0 Å². The summed E-state index contributed by atoms with van der Waals surface area (Å²) in [6, 6.07) is 5.31. The minimum atomic E-state index is -0.834. The minimum absolute atomic E-state index is 0.459. The van der Waals surface area contributed by atoms with Crippen molar-refractivity contribution in [2.24, 2.45) is 11.7 Å². The second-order valence-electron chi connectivity index (χ2n) is 4.70. The summed E-state index contributed by atoms with van der Waals surface area (Å²) in [4.78, 5) is 11.1. The third-order valence-electron chi connectivity index (χ3n) is 3.51. The van der Waals surface area contributed by atoms with Gasteiger partial charge in [0.1, 0.15) is 5.75 Å². The van der Waals surface area contributed by atoms with Gasteiger partial charge in [-0.1, -0.05) is 19.1 Å². The molecule has 0 saturated heterocycles. The Morgan fingerprint density at radius 2 is 2.33 bits per heavy atom. The second-order valence-corrected chi connectivity index (χ2v) is 4.70. The average molecular weight is 249 g/mol. The molecule has 98 valence electrons. The van der Waals surface area contributed by atoms with Crippen LogP contribution in [0.2, 0.25) is 0 Å². The highest BCUT2D eigenvalue weighted by atomic mass is 16.5. The molecule has 2 rings (SSSR count). The van der Waals surface area contributed by atoms with Crippen molar-refractivity contribution in [1.29, 1.82) is 0 Å². The molecule has 0 saturated carbocycles. The first-order valence-electron chi connectivity index (χ1n) is 6.37. The first kappa shape index (κ1) is 12.9. The molecule has 18 heavy (non-hydrogen) atoms. The normalized spacial score (nSPS) is 17.4. The number of benzene rings is 1. The van der Waals surface area contributed by atoms with E-state index in [0.717, 1.165) is 36.3 Å². The number of aryl methyl sites for hydroxylation is 1. The summed E-state index contributed by atoms with van der Waals surface area (Å²) in [6.45, 7) is 2.60. The van der Waals surface area contributed by atoms with E-state index in [1.807, 2.05) is 25.1 Å². The third-order valence-corrected chi connectivity index (χ3v) is 3.51. The Bertz CT molecular complexity index is 445. The number of carboxylic acids is 1. The summed E-state index contributed by atoms with van der Waals surface area (Å²) in [5.74, 6) is -0.466. The van der Waals surface area contributed by atoms with Crippen LogP contribution in [0.4, 0.5) is 0 Å². The van der Waals surface area contributed by atoms with Crippen molar-refractivity contribution in [3.05, 3.63) is 29.3 Å². The van der Waals surface area contributed by atoms with Gasteiger partial charge in [0.15, 0.2) is 0 Å². The Balaban J connectivity index is 2.25. The highest BCUT2D eigenvalue weighted by molar-refractivity contribution is 5.71. The number of hydrogen-bond acceptors (Lipinski definition) is 3. The lowest BCUT2D eigenvalue weighted by molar-refractivity contribution is -0.142. The molecule has 1 aromatic carbocycles. The van der Waals surface area contributed by atoms with Crippen LogP contribution in [-0.2, 0) is 11.2 Å². The standard InChI is InChI=1S/C14H19NO3/c1-2-11(14(16)17)13(15)10-5-6-12-9(8-10)4-3-7-18-12/h5-6,8,11,13H,2-4,7,15H2,1H3,(H,16,17). The molecule has 2 unspecified atom stereocenters. The van der Waals surface area contributed by atoms with Crippen LogP contribution in [-0.4, -0.2) is 17.7 Å². The van der Waals surface area contributed by atoms with Gasteiger partial charge in [-0.25, -0.2) is 0 Å². The number of fused-ring (bicyclic) bond motifs is 1. The second kappa shape index (κ2) is 5.40. The number of rotatable bonds is 4. The summed E-state index contributed by atoms with van der Waals surface area (Å²) >= 11 is 0. The maximum Gasteiger partial charge on any atom is 0.308 e. The highest BCUT2D eigenvalue weighted by Crippen LogP contribution is 2.30. The van der Waals surface area contributed by atoms with Crippen LogP contribution in [0.1, 0.15) is 36.9 Å². The van der Waals surface area contributed by atoms with Gasteiger partial charge in [-0.2, -0.15) is 0 Å². The number of nitrogens with two attached hydrogens (primary N) is 1. The van der Waals surface area contributed by atoms with E-state index in [4.69, 9.17) is 15.6 Å². The van der Waals surface area contributed by atoms with Gasteiger partial charge >= 0.3 is 5.97 Å². The van der Waals surface area contributed by atoms with Gasteiger partial charge in [-0.3, -0.25) is 4.79 Å². The fourth-order valence-corrected chi connectivity index (χ4v) is 2.40. The first-order chi connectivity index (χ1) is 8.63. The van der Waals surface area contributed by atoms with Crippen LogP contribution in [0.3, 0.4) is 0 Å². The molecule has 0 aliphatic carbocycles. The van der Waals surface area contributed by atoms with Crippen molar-refractivity contribution in [3.63, 3.8) is 0 Å². The molecule has 0 fully saturated rings. The molecule has 3 N–H and O–H groups in total. The molecule has 0 aromatic heterocycles. The molecule has 2 atom stereocenters. The zero-order valence-corrected chi connectivity index (χ0v) is 10.6. The van der Waals surface area contributed by atoms with E-state index in [0.29, 0.717) is 6.42 Å². The molecule has 0 amide bonds. The SMILES string of the molecule is CCC(C(=O)O)C(N)c1ccc2c(c1)CCCO2. The van der Waals surface area contributed by atoms with Gasteiger partial charge in [0.05, 0.1) is 12.5 Å². The van der Waals surface area contributed by atoms with Crippen molar-refractivity contribution in [3.8, 4) is 5.75 Å². The fraction of sp³-hybridized carbons (Fsp3) is 0.500. The van der Waals surface area contributed by atoms with Crippen LogP contribution in [0.15, 0.2) is 18.2 Å².